The lowest BCUT2D eigenvalue weighted by molar-refractivity contribution is -0.109. The third-order valence-corrected chi connectivity index (χ3v) is 11.6. The maximum atomic E-state index is 14.8. The Morgan fingerprint density at radius 3 is 1.55 bits per heavy atom. The molecule has 0 saturated carbocycles. The number of rotatable bonds is 5. The Kier molecular flexibility index (Phi) is 6.88. The van der Waals surface area contributed by atoms with Gasteiger partial charge in [-0.05, 0) is 22.9 Å². The highest BCUT2D eigenvalue weighted by atomic mass is 16.3. The minimum atomic E-state index is -0.983. The Labute approximate surface area is 322 Å². The van der Waals surface area contributed by atoms with Gasteiger partial charge < -0.3 is 21.1 Å². The van der Waals surface area contributed by atoms with Gasteiger partial charge in [0.1, 0.15) is 5.76 Å². The molecule has 8 aromatic rings. The summed E-state index contributed by atoms with van der Waals surface area (Å²) in [6, 6.07) is 61.1. The number of hydrogen-bond acceptors (Lipinski definition) is 6. The first kappa shape index (κ1) is 32.0. The molecule has 6 nitrogen and oxygen atoms in total. The Bertz CT molecular complexity index is 2990. The van der Waals surface area contributed by atoms with Crippen LogP contribution in [0.25, 0.3) is 32.7 Å². The summed E-state index contributed by atoms with van der Waals surface area (Å²) in [6.07, 6.45) is 0. The van der Waals surface area contributed by atoms with Crippen LogP contribution in [0.4, 0.5) is 17.1 Å². The van der Waals surface area contributed by atoms with E-state index in [1.807, 2.05) is 109 Å². The highest BCUT2D eigenvalue weighted by molar-refractivity contribution is 6.52. The fraction of sp³-hybridized carbons (Fsp3) is 0.0400. The smallest absolute Gasteiger partial charge is 0.201 e. The second kappa shape index (κ2) is 12.0. The van der Waals surface area contributed by atoms with E-state index in [1.165, 1.54) is 0 Å². The first-order chi connectivity index (χ1) is 27.6. The fourth-order valence-corrected chi connectivity index (χ4v) is 8.95. The molecule has 56 heavy (non-hydrogen) atoms. The first-order valence-corrected chi connectivity index (χ1v) is 18.8. The van der Waals surface area contributed by atoms with Gasteiger partial charge in [-0.3, -0.25) is 4.79 Å². The zero-order valence-electron chi connectivity index (χ0n) is 30.1. The molecule has 2 aliphatic heterocycles. The van der Waals surface area contributed by atoms with Crippen LogP contribution in [0.1, 0.15) is 27.8 Å². The molecule has 3 aliphatic rings. The summed E-state index contributed by atoms with van der Waals surface area (Å²) < 4.78 is 0. The lowest BCUT2D eigenvalue weighted by Gasteiger charge is -2.43. The summed E-state index contributed by atoms with van der Waals surface area (Å²) >= 11 is 0. The number of allylic oxidation sites excluding steroid dienone is 2. The number of benzene rings is 8. The topological polar surface area (TPSA) is 85.8 Å². The largest absolute Gasteiger partial charge is 0.506 e. The van der Waals surface area contributed by atoms with Gasteiger partial charge in [-0.25, -0.2) is 4.99 Å². The van der Waals surface area contributed by atoms with Crippen molar-refractivity contribution in [3.05, 3.63) is 226 Å². The third kappa shape index (κ3) is 4.50. The molecule has 266 valence electrons. The molecule has 0 radical (unpaired) electrons. The van der Waals surface area contributed by atoms with Crippen LogP contribution in [0, 0.1) is 0 Å². The van der Waals surface area contributed by atoms with Gasteiger partial charge in [0.25, 0.3) is 0 Å². The maximum absolute atomic E-state index is 14.8. The molecule has 1 aliphatic carbocycles. The van der Waals surface area contributed by atoms with Crippen LogP contribution in [0.5, 0.6) is 0 Å². The Hall–Kier alpha value is -7.44. The SMILES string of the molecule is O=C1C(c2ccc3cccc4c3c2NC(c2ccccc2)(c2ccccc2)N4)=C(O)C1=c1ccc2cccc3c2c1=NC(c1ccccc1)(c1ccccc1)N3. The number of aliphatic hydroxyl groups is 1. The summed E-state index contributed by atoms with van der Waals surface area (Å²) in [5.74, 6) is -0.270. The maximum Gasteiger partial charge on any atom is 0.201 e. The highest BCUT2D eigenvalue weighted by Crippen LogP contribution is 2.50. The molecule has 0 spiro atoms. The molecule has 0 saturated heterocycles. The summed E-state index contributed by atoms with van der Waals surface area (Å²) in [7, 11) is 0. The van der Waals surface area contributed by atoms with Crippen molar-refractivity contribution in [1.29, 1.82) is 0 Å². The summed E-state index contributed by atoms with van der Waals surface area (Å²) in [5.41, 5.74) is 5.89. The van der Waals surface area contributed by atoms with Gasteiger partial charge in [-0.15, -0.1) is 0 Å². The number of ketones is 1. The molecule has 0 bridgehead atoms. The number of hydrogen-bond donors (Lipinski definition) is 4. The average molecular weight is 723 g/mol. The Balaban J connectivity index is 1.17. The number of aliphatic hydroxyl groups excluding tert-OH is 1. The Morgan fingerprint density at radius 2 is 0.982 bits per heavy atom. The van der Waals surface area contributed by atoms with Gasteiger partial charge in [0.2, 0.25) is 5.78 Å². The van der Waals surface area contributed by atoms with E-state index in [0.717, 1.165) is 60.9 Å². The van der Waals surface area contributed by atoms with Crippen molar-refractivity contribution in [3.8, 4) is 0 Å². The Morgan fingerprint density at radius 1 is 0.464 bits per heavy atom. The zero-order valence-corrected chi connectivity index (χ0v) is 30.1. The van der Waals surface area contributed by atoms with Gasteiger partial charge in [0.15, 0.2) is 11.3 Å². The molecule has 0 fully saturated rings. The molecule has 8 aromatic carbocycles. The minimum Gasteiger partial charge on any atom is -0.506 e. The standard InChI is InChI=1S/C50H34N4O2/c55-47-43(37-29-27-31-15-13-25-39-41(31)45(37)53-49(51-39,33-17-5-1-6-18-33)34-19-7-2-8-20-34)48(56)44(47)38-30-28-32-16-14-26-40-42(32)46(38)54-50(52-40,35-21-9-3-10-22-35)36-23-11-4-12-24-36/h1-30,51-53,55H. The van der Waals surface area contributed by atoms with E-state index in [9.17, 15) is 9.90 Å². The fourth-order valence-electron chi connectivity index (χ4n) is 8.95. The van der Waals surface area contributed by atoms with Gasteiger partial charge in [-0.2, -0.15) is 0 Å². The molecule has 0 aromatic heterocycles. The second-order valence-corrected chi connectivity index (χ2v) is 14.6. The molecule has 0 unspecified atom stereocenters. The lowest BCUT2D eigenvalue weighted by atomic mass is 9.79. The van der Waals surface area contributed by atoms with Crippen molar-refractivity contribution >= 4 is 55.5 Å². The van der Waals surface area contributed by atoms with E-state index >= 15 is 0 Å². The van der Waals surface area contributed by atoms with Crippen molar-refractivity contribution in [2.45, 2.75) is 11.3 Å². The number of nitrogens with one attached hydrogen (secondary N) is 3. The molecule has 6 heteroatoms. The van der Waals surface area contributed by atoms with Crippen molar-refractivity contribution in [1.82, 2.24) is 0 Å². The van der Waals surface area contributed by atoms with Crippen LogP contribution in [0.3, 0.4) is 0 Å². The molecule has 0 amide bonds. The molecular weight excluding hydrogens is 689 g/mol. The van der Waals surface area contributed by atoms with E-state index < -0.39 is 11.3 Å². The number of carbonyl (C=O) groups is 1. The number of nitrogens with zero attached hydrogens (tertiary/aromatic N) is 1. The quantitative estimate of drug-likeness (QED) is 0.142. The van der Waals surface area contributed by atoms with E-state index in [0.29, 0.717) is 16.1 Å². The van der Waals surface area contributed by atoms with Crippen LogP contribution in [0.2, 0.25) is 0 Å². The minimum absolute atomic E-state index is 0.0414. The number of Topliss-reactive ketones (excluding diaryl/α,β-unsaturated/α-hetero) is 1. The molecule has 0 atom stereocenters. The van der Waals surface area contributed by atoms with E-state index in [2.05, 4.69) is 88.7 Å². The van der Waals surface area contributed by atoms with Crippen molar-refractivity contribution < 1.29 is 9.90 Å². The van der Waals surface area contributed by atoms with E-state index in [-0.39, 0.29) is 22.7 Å². The van der Waals surface area contributed by atoms with Crippen LogP contribution < -0.4 is 26.5 Å². The summed E-state index contributed by atoms with van der Waals surface area (Å²) in [6.45, 7) is 0. The number of anilines is 3. The number of carbonyl (C=O) groups excluding carboxylic acids is 1. The van der Waals surface area contributed by atoms with Gasteiger partial charge >= 0.3 is 0 Å². The van der Waals surface area contributed by atoms with Gasteiger partial charge in [-0.1, -0.05) is 170 Å². The predicted octanol–water partition coefficient (Wildman–Crippen LogP) is 9.38. The normalized spacial score (nSPS) is 17.0. The molecule has 4 N–H and O–H groups in total. The molecule has 2 heterocycles. The second-order valence-electron chi connectivity index (χ2n) is 14.6. The van der Waals surface area contributed by atoms with Gasteiger partial charge in [0, 0.05) is 55.2 Å². The summed E-state index contributed by atoms with van der Waals surface area (Å²) in [5, 5.41) is 28.9. The monoisotopic (exact) mass is 722 g/mol. The van der Waals surface area contributed by atoms with Crippen LogP contribution >= 0.6 is 0 Å². The molecule has 11 rings (SSSR count). The highest BCUT2D eigenvalue weighted by Gasteiger charge is 2.43. The third-order valence-electron chi connectivity index (χ3n) is 11.6. The average Bonchev–Trinajstić information content (AvgIpc) is 3.26. The van der Waals surface area contributed by atoms with Crippen LogP contribution in [-0.2, 0) is 16.1 Å². The van der Waals surface area contributed by atoms with Crippen molar-refractivity contribution in [2.75, 3.05) is 16.0 Å². The predicted molar refractivity (Wildman–Crippen MR) is 225 cm³/mol. The van der Waals surface area contributed by atoms with Crippen LogP contribution in [0.15, 0.2) is 193 Å². The van der Waals surface area contributed by atoms with Crippen molar-refractivity contribution in [2.24, 2.45) is 4.99 Å². The lowest BCUT2D eigenvalue weighted by Crippen LogP contribution is -2.47. The summed E-state index contributed by atoms with van der Waals surface area (Å²) in [4.78, 5) is 20.4. The van der Waals surface area contributed by atoms with Crippen LogP contribution in [-0.4, -0.2) is 10.9 Å². The van der Waals surface area contributed by atoms with Gasteiger partial charge in [0.05, 0.1) is 22.2 Å². The van der Waals surface area contributed by atoms with Crippen molar-refractivity contribution in [3.63, 3.8) is 0 Å². The van der Waals surface area contributed by atoms with E-state index in [1.54, 1.807) is 0 Å². The van der Waals surface area contributed by atoms with E-state index in [4.69, 9.17) is 4.99 Å². The zero-order chi connectivity index (χ0) is 37.4. The molecular formula is C50H34N4O2. The first-order valence-electron chi connectivity index (χ1n) is 18.8.